The maximum Gasteiger partial charge on any atom is 0.0191 e. The van der Waals surface area contributed by atoms with Crippen LogP contribution in [0.15, 0.2) is 70.5 Å². The molecule has 0 unspecified atom stereocenters. The molecule has 0 aliphatic heterocycles. The molecule has 0 fully saturated rings. The molecule has 0 spiro atoms. The van der Waals surface area contributed by atoms with Gasteiger partial charge in [0, 0.05) is 9.79 Å². The van der Waals surface area contributed by atoms with Crippen molar-refractivity contribution in [2.75, 3.05) is 0 Å². The quantitative estimate of drug-likeness (QED) is 0.461. The van der Waals surface area contributed by atoms with Gasteiger partial charge in [-0.1, -0.05) is 43.8 Å². The second-order valence-corrected chi connectivity index (χ2v) is 8.74. The van der Waals surface area contributed by atoms with Crippen molar-refractivity contribution in [1.82, 2.24) is 0 Å². The molecule has 0 heterocycles. The van der Waals surface area contributed by atoms with Crippen molar-refractivity contribution in [3.8, 4) is 0 Å². The highest BCUT2D eigenvalue weighted by Gasteiger charge is 1.96. The molecule has 0 bridgehead atoms. The van der Waals surface area contributed by atoms with Crippen molar-refractivity contribution < 1.29 is 0 Å². The third-order valence-electron chi connectivity index (χ3n) is 1.77. The summed E-state index contributed by atoms with van der Waals surface area (Å²) in [6, 6.07) is 20.9. The molecule has 90 valence electrons. The minimum atomic E-state index is 0. The van der Waals surface area contributed by atoms with Gasteiger partial charge in [-0.25, -0.2) is 0 Å². The Labute approximate surface area is 119 Å². The van der Waals surface area contributed by atoms with E-state index >= 15 is 0 Å². The van der Waals surface area contributed by atoms with Gasteiger partial charge in [-0.2, -0.15) is 0 Å². The van der Waals surface area contributed by atoms with Crippen LogP contribution in [0.25, 0.3) is 0 Å². The Hall–Kier alpha value is -0.160. The Morgan fingerprint density at radius 3 is 1.24 bits per heavy atom. The zero-order valence-corrected chi connectivity index (χ0v) is 11.7. The summed E-state index contributed by atoms with van der Waals surface area (Å²) in [5.74, 6) is 0. The molecular weight excluding hydrogens is 284 g/mol. The third kappa shape index (κ3) is 5.82. The monoisotopic (exact) mass is 298 g/mol. The van der Waals surface area contributed by atoms with E-state index in [4.69, 9.17) is 0 Å². The molecule has 0 aliphatic rings. The fraction of sp³-hybridized carbons (Fsp3) is 0.0769. The van der Waals surface area contributed by atoms with E-state index in [1.165, 1.54) is 9.79 Å². The van der Waals surface area contributed by atoms with Gasteiger partial charge in [0.2, 0.25) is 0 Å². The molecule has 0 amide bonds. The van der Waals surface area contributed by atoms with Crippen molar-refractivity contribution in [2.45, 2.75) is 17.2 Å². The molecule has 2 aromatic rings. The Bertz CT molecular complexity index is 361. The fourth-order valence-electron chi connectivity index (χ4n) is 1.06. The lowest BCUT2D eigenvalue weighted by Crippen LogP contribution is -1.63. The summed E-state index contributed by atoms with van der Waals surface area (Å²) in [7, 11) is 7.19. The zero-order valence-electron chi connectivity index (χ0n) is 8.41. The molecule has 0 nitrogen and oxygen atoms in total. The normalized spacial score (nSPS) is 9.65. The molecule has 0 radical (unpaired) electrons. The lowest BCUT2D eigenvalue weighted by molar-refractivity contribution is 1.48. The van der Waals surface area contributed by atoms with E-state index in [1.54, 1.807) is 41.2 Å². The highest BCUT2D eigenvalue weighted by Crippen LogP contribution is 2.48. The third-order valence-corrected chi connectivity index (χ3v) is 7.85. The minimum Gasteiger partial charge on any atom is -0.0776 e. The van der Waals surface area contributed by atoms with E-state index in [1.807, 2.05) is 12.1 Å². The predicted molar refractivity (Wildman–Crippen MR) is 86.5 cm³/mol. The first-order chi connectivity index (χ1) is 7.95. The van der Waals surface area contributed by atoms with Crippen LogP contribution >= 0.6 is 41.2 Å². The average Bonchev–Trinajstić information content (AvgIpc) is 2.37. The summed E-state index contributed by atoms with van der Waals surface area (Å²) in [6.45, 7) is 0. The first-order valence-electron chi connectivity index (χ1n) is 4.73. The molecule has 0 saturated carbocycles. The number of rotatable bonds is 5. The molecule has 2 aromatic carbocycles. The Kier molecular flexibility index (Phi) is 7.77. The fourth-order valence-corrected chi connectivity index (χ4v) is 6.53. The molecule has 0 aromatic heterocycles. The lowest BCUT2D eigenvalue weighted by atomic mass is 10.4. The lowest BCUT2D eigenvalue weighted by Gasteiger charge is -1.99. The summed E-state index contributed by atoms with van der Waals surface area (Å²) in [4.78, 5) is 2.60. The summed E-state index contributed by atoms with van der Waals surface area (Å²) in [5, 5.41) is 0. The van der Waals surface area contributed by atoms with Gasteiger partial charge in [-0.15, -0.1) is 0 Å². The summed E-state index contributed by atoms with van der Waals surface area (Å²) in [6.07, 6.45) is 0. The summed E-state index contributed by atoms with van der Waals surface area (Å²) < 4.78 is 0. The first kappa shape index (κ1) is 14.9. The van der Waals surface area contributed by atoms with Crippen LogP contribution < -0.4 is 0 Å². The standard InChI is InChI=1S/C12H10S4.CH4/c1-3-7-11(8-4-1)13-15-16-14-12-9-5-2-6-10-12;/h1-10H;1H4. The Morgan fingerprint density at radius 2 is 0.882 bits per heavy atom. The largest absolute Gasteiger partial charge is 0.0776 e. The van der Waals surface area contributed by atoms with Crippen molar-refractivity contribution in [3.63, 3.8) is 0 Å². The molecule has 0 N–H and O–H groups in total. The Balaban J connectivity index is 0.00000144. The van der Waals surface area contributed by atoms with Crippen molar-refractivity contribution in [2.24, 2.45) is 0 Å². The SMILES string of the molecule is C.c1ccc(SSSSc2ccccc2)cc1. The second-order valence-electron chi connectivity index (χ2n) is 2.93. The van der Waals surface area contributed by atoms with E-state index in [0.29, 0.717) is 0 Å². The van der Waals surface area contributed by atoms with Crippen LogP contribution in [-0.2, 0) is 0 Å². The number of hydrogen-bond acceptors (Lipinski definition) is 4. The van der Waals surface area contributed by atoms with E-state index in [2.05, 4.69) is 48.5 Å². The van der Waals surface area contributed by atoms with Gasteiger partial charge in [0.15, 0.2) is 0 Å². The second kappa shape index (κ2) is 8.86. The number of hydrogen-bond donors (Lipinski definition) is 0. The maximum atomic E-state index is 2.13. The number of benzene rings is 2. The average molecular weight is 299 g/mol. The van der Waals surface area contributed by atoms with Crippen molar-refractivity contribution in [3.05, 3.63) is 60.7 Å². The predicted octanol–water partition coefficient (Wildman–Crippen LogP) is 6.42. The topological polar surface area (TPSA) is 0 Å². The summed E-state index contributed by atoms with van der Waals surface area (Å²) in [5.41, 5.74) is 0. The zero-order chi connectivity index (χ0) is 11.1. The molecule has 2 rings (SSSR count). The molecule has 0 aliphatic carbocycles. The smallest absolute Gasteiger partial charge is 0.0191 e. The van der Waals surface area contributed by atoms with Crippen molar-refractivity contribution >= 4 is 41.2 Å². The highest BCUT2D eigenvalue weighted by atomic mass is 33.7. The van der Waals surface area contributed by atoms with E-state index < -0.39 is 0 Å². The molecule has 4 heteroatoms. The van der Waals surface area contributed by atoms with Crippen LogP contribution in [0.3, 0.4) is 0 Å². The van der Waals surface area contributed by atoms with Crippen LogP contribution in [0, 0.1) is 0 Å². The van der Waals surface area contributed by atoms with Gasteiger partial charge >= 0.3 is 0 Å². The van der Waals surface area contributed by atoms with Crippen molar-refractivity contribution in [1.29, 1.82) is 0 Å². The van der Waals surface area contributed by atoms with Gasteiger partial charge in [0.25, 0.3) is 0 Å². The first-order valence-corrected chi connectivity index (χ1v) is 9.55. The van der Waals surface area contributed by atoms with Crippen LogP contribution in [0.5, 0.6) is 0 Å². The molecule has 0 atom stereocenters. The van der Waals surface area contributed by atoms with Gasteiger partial charge < -0.3 is 0 Å². The maximum absolute atomic E-state index is 2.13. The van der Waals surface area contributed by atoms with Gasteiger partial charge in [0.1, 0.15) is 0 Å². The van der Waals surface area contributed by atoms with Gasteiger partial charge in [0.05, 0.1) is 0 Å². The van der Waals surface area contributed by atoms with Crippen LogP contribution in [0.1, 0.15) is 7.43 Å². The van der Waals surface area contributed by atoms with Gasteiger partial charge in [-0.05, 0) is 65.5 Å². The van der Waals surface area contributed by atoms with E-state index in [0.717, 1.165) is 0 Å². The summed E-state index contributed by atoms with van der Waals surface area (Å²) >= 11 is 0. The minimum absolute atomic E-state index is 0. The van der Waals surface area contributed by atoms with Crippen LogP contribution in [-0.4, -0.2) is 0 Å². The van der Waals surface area contributed by atoms with E-state index in [-0.39, 0.29) is 7.43 Å². The highest BCUT2D eigenvalue weighted by molar-refractivity contribution is 9.26. The van der Waals surface area contributed by atoms with Crippen LogP contribution in [0.4, 0.5) is 0 Å². The van der Waals surface area contributed by atoms with Crippen LogP contribution in [0.2, 0.25) is 0 Å². The molecule has 17 heavy (non-hydrogen) atoms. The molecular formula is C13H14S4. The van der Waals surface area contributed by atoms with Gasteiger partial charge in [-0.3, -0.25) is 0 Å². The van der Waals surface area contributed by atoms with E-state index in [9.17, 15) is 0 Å². The molecule has 0 saturated heterocycles. The Morgan fingerprint density at radius 1 is 0.529 bits per heavy atom.